The molecule has 1 aromatic rings. The van der Waals surface area contributed by atoms with Crippen LogP contribution in [-0.4, -0.2) is 50.1 Å². The second-order valence-electron chi connectivity index (χ2n) is 7.58. The van der Waals surface area contributed by atoms with Crippen molar-refractivity contribution in [1.29, 1.82) is 0 Å². The Morgan fingerprint density at radius 1 is 1.20 bits per heavy atom. The Bertz CT molecular complexity index is 534. The van der Waals surface area contributed by atoms with Gasteiger partial charge in [0.1, 0.15) is 0 Å². The molecule has 1 aliphatic carbocycles. The molecule has 0 amide bonds. The number of piperidine rings is 1. The first kappa shape index (κ1) is 18.2. The highest BCUT2D eigenvalue weighted by atomic mass is 15.2. The molecule has 2 atom stereocenters. The zero-order chi connectivity index (χ0) is 17.5. The maximum absolute atomic E-state index is 4.43. The van der Waals surface area contributed by atoms with Gasteiger partial charge in [0.2, 0.25) is 0 Å². The minimum absolute atomic E-state index is 0.563. The summed E-state index contributed by atoms with van der Waals surface area (Å²) in [5.41, 5.74) is 1.48. The van der Waals surface area contributed by atoms with Gasteiger partial charge in [0.05, 0.1) is 0 Å². The third-order valence-corrected chi connectivity index (χ3v) is 5.66. The summed E-state index contributed by atoms with van der Waals surface area (Å²) in [6.07, 6.45) is 6.36. The van der Waals surface area contributed by atoms with Gasteiger partial charge in [0, 0.05) is 32.7 Å². The number of aliphatic imine (C=N–C) groups is 1. The molecule has 1 aliphatic heterocycles. The standard InChI is InChI=1S/C21H34N4/c1-3-4-12-25-13-10-19(11-14-25)24-21(22-2)23-16-18-15-20(18)17-8-6-5-7-9-17/h5-9,18-20H,3-4,10-16H2,1-2H3,(H2,22,23,24). The molecule has 0 aromatic heterocycles. The van der Waals surface area contributed by atoms with Crippen LogP contribution < -0.4 is 10.6 Å². The SMILES string of the molecule is CCCCN1CCC(NC(=NC)NCC2CC2c2ccccc2)CC1. The smallest absolute Gasteiger partial charge is 0.191 e. The summed E-state index contributed by atoms with van der Waals surface area (Å²) in [6, 6.07) is 11.5. The molecule has 1 heterocycles. The van der Waals surface area contributed by atoms with Gasteiger partial charge in [-0.15, -0.1) is 0 Å². The number of hydrogen-bond donors (Lipinski definition) is 2. The van der Waals surface area contributed by atoms with Crippen LogP contribution in [0.25, 0.3) is 0 Å². The molecule has 25 heavy (non-hydrogen) atoms. The lowest BCUT2D eigenvalue weighted by Gasteiger charge is -2.33. The second-order valence-corrected chi connectivity index (χ2v) is 7.58. The van der Waals surface area contributed by atoms with Gasteiger partial charge >= 0.3 is 0 Å². The number of nitrogens with one attached hydrogen (secondary N) is 2. The van der Waals surface area contributed by atoms with E-state index in [1.165, 1.54) is 57.3 Å². The summed E-state index contributed by atoms with van der Waals surface area (Å²) in [4.78, 5) is 7.03. The lowest BCUT2D eigenvalue weighted by molar-refractivity contribution is 0.203. The molecule has 2 aliphatic rings. The number of likely N-dealkylation sites (tertiary alicyclic amines) is 1. The van der Waals surface area contributed by atoms with Crippen LogP contribution in [0.3, 0.4) is 0 Å². The van der Waals surface area contributed by atoms with Gasteiger partial charge in [-0.05, 0) is 49.6 Å². The van der Waals surface area contributed by atoms with Gasteiger partial charge in [-0.25, -0.2) is 0 Å². The number of nitrogens with zero attached hydrogens (tertiary/aromatic N) is 2. The molecular weight excluding hydrogens is 308 g/mol. The summed E-state index contributed by atoms with van der Waals surface area (Å²) in [7, 11) is 1.88. The number of unbranched alkanes of at least 4 members (excludes halogenated alkanes) is 1. The molecule has 0 spiro atoms. The minimum Gasteiger partial charge on any atom is -0.356 e. The Kier molecular flexibility index (Phi) is 6.74. The van der Waals surface area contributed by atoms with E-state index in [-0.39, 0.29) is 0 Å². The van der Waals surface area contributed by atoms with E-state index in [2.05, 4.69) is 57.8 Å². The van der Waals surface area contributed by atoms with E-state index < -0.39 is 0 Å². The summed E-state index contributed by atoms with van der Waals surface area (Å²) >= 11 is 0. The van der Waals surface area contributed by atoms with Crippen molar-refractivity contribution < 1.29 is 0 Å². The van der Waals surface area contributed by atoms with E-state index in [4.69, 9.17) is 0 Å². The van der Waals surface area contributed by atoms with Gasteiger partial charge < -0.3 is 15.5 Å². The first-order valence-corrected chi connectivity index (χ1v) is 10.0. The number of hydrogen-bond acceptors (Lipinski definition) is 2. The predicted molar refractivity (Wildman–Crippen MR) is 106 cm³/mol. The highest BCUT2D eigenvalue weighted by molar-refractivity contribution is 5.80. The van der Waals surface area contributed by atoms with Crippen molar-refractivity contribution in [2.24, 2.45) is 10.9 Å². The highest BCUT2D eigenvalue weighted by Crippen LogP contribution is 2.46. The van der Waals surface area contributed by atoms with E-state index in [1.807, 2.05) is 7.05 Å². The zero-order valence-corrected chi connectivity index (χ0v) is 15.9. The van der Waals surface area contributed by atoms with Gasteiger partial charge in [-0.1, -0.05) is 43.7 Å². The monoisotopic (exact) mass is 342 g/mol. The summed E-state index contributed by atoms with van der Waals surface area (Å²) < 4.78 is 0. The van der Waals surface area contributed by atoms with Crippen molar-refractivity contribution >= 4 is 5.96 Å². The normalized spacial score (nSPS) is 25.0. The number of guanidine groups is 1. The minimum atomic E-state index is 0.563. The first-order chi connectivity index (χ1) is 12.3. The van der Waals surface area contributed by atoms with Crippen molar-refractivity contribution in [2.45, 2.75) is 51.0 Å². The third-order valence-electron chi connectivity index (χ3n) is 5.66. The zero-order valence-electron chi connectivity index (χ0n) is 15.9. The fourth-order valence-corrected chi connectivity index (χ4v) is 3.88. The quantitative estimate of drug-likeness (QED) is 0.590. The number of benzene rings is 1. The molecule has 0 bridgehead atoms. The van der Waals surface area contributed by atoms with E-state index in [9.17, 15) is 0 Å². The molecular formula is C21H34N4. The average molecular weight is 343 g/mol. The van der Waals surface area contributed by atoms with Gasteiger partial charge in [0.25, 0.3) is 0 Å². The summed E-state index contributed by atoms with van der Waals surface area (Å²) in [5, 5.41) is 7.18. The van der Waals surface area contributed by atoms with Crippen LogP contribution in [0.2, 0.25) is 0 Å². The van der Waals surface area contributed by atoms with Gasteiger partial charge in [0.15, 0.2) is 5.96 Å². The van der Waals surface area contributed by atoms with E-state index >= 15 is 0 Å². The Hall–Kier alpha value is -1.55. The van der Waals surface area contributed by atoms with Crippen LogP contribution in [0.15, 0.2) is 35.3 Å². The Morgan fingerprint density at radius 2 is 1.96 bits per heavy atom. The predicted octanol–water partition coefficient (Wildman–Crippen LogP) is 3.22. The van der Waals surface area contributed by atoms with E-state index in [1.54, 1.807) is 0 Å². The molecule has 1 aromatic carbocycles. The molecule has 2 unspecified atom stereocenters. The number of rotatable bonds is 7. The fraction of sp³-hybridized carbons (Fsp3) is 0.667. The highest BCUT2D eigenvalue weighted by Gasteiger charge is 2.37. The van der Waals surface area contributed by atoms with Crippen molar-refractivity contribution in [3.05, 3.63) is 35.9 Å². The Balaban J connectivity index is 1.35. The second kappa shape index (κ2) is 9.23. The van der Waals surface area contributed by atoms with Crippen molar-refractivity contribution in [3.63, 3.8) is 0 Å². The van der Waals surface area contributed by atoms with E-state index in [0.717, 1.165) is 24.3 Å². The first-order valence-electron chi connectivity index (χ1n) is 10.0. The van der Waals surface area contributed by atoms with E-state index in [0.29, 0.717) is 6.04 Å². The molecule has 4 nitrogen and oxygen atoms in total. The molecule has 2 N–H and O–H groups in total. The summed E-state index contributed by atoms with van der Waals surface area (Å²) in [5.74, 6) is 2.45. The maximum atomic E-state index is 4.43. The maximum Gasteiger partial charge on any atom is 0.191 e. The van der Waals surface area contributed by atoms with Crippen LogP contribution in [0, 0.1) is 5.92 Å². The third kappa shape index (κ3) is 5.46. The van der Waals surface area contributed by atoms with Crippen molar-refractivity contribution in [3.8, 4) is 0 Å². The molecule has 4 heteroatoms. The fourth-order valence-electron chi connectivity index (χ4n) is 3.88. The lowest BCUT2D eigenvalue weighted by atomic mass is 10.0. The molecule has 1 saturated heterocycles. The van der Waals surface area contributed by atoms with Crippen molar-refractivity contribution in [1.82, 2.24) is 15.5 Å². The van der Waals surface area contributed by atoms with Gasteiger partial charge in [-0.3, -0.25) is 4.99 Å². The molecule has 138 valence electrons. The molecule has 2 fully saturated rings. The average Bonchev–Trinajstić information content (AvgIpc) is 3.45. The van der Waals surface area contributed by atoms with Crippen LogP contribution in [0.1, 0.15) is 50.5 Å². The molecule has 1 saturated carbocycles. The Morgan fingerprint density at radius 3 is 2.64 bits per heavy atom. The topological polar surface area (TPSA) is 39.7 Å². The van der Waals surface area contributed by atoms with Crippen molar-refractivity contribution in [2.75, 3.05) is 33.2 Å². The molecule has 0 radical (unpaired) electrons. The van der Waals surface area contributed by atoms with Gasteiger partial charge in [-0.2, -0.15) is 0 Å². The Labute approximate surface area is 153 Å². The van der Waals surface area contributed by atoms with Crippen LogP contribution in [0.4, 0.5) is 0 Å². The lowest BCUT2D eigenvalue weighted by Crippen LogP contribution is -2.49. The summed E-state index contributed by atoms with van der Waals surface area (Å²) in [6.45, 7) is 6.99. The van der Waals surface area contributed by atoms with Crippen LogP contribution in [-0.2, 0) is 0 Å². The largest absolute Gasteiger partial charge is 0.356 e. The molecule has 3 rings (SSSR count). The van der Waals surface area contributed by atoms with Crippen LogP contribution in [0.5, 0.6) is 0 Å². The van der Waals surface area contributed by atoms with Crippen LogP contribution >= 0.6 is 0 Å².